The molecule has 0 aliphatic carbocycles. The molecule has 1 N–H and O–H groups in total. The van der Waals surface area contributed by atoms with Gasteiger partial charge in [0, 0.05) is 10.0 Å². The molecule has 2 rings (SSSR count). The number of carbonyl (C=O) groups is 2. The highest BCUT2D eigenvalue weighted by atomic mass is 79.9. The number of benzene rings is 1. The van der Waals surface area contributed by atoms with E-state index in [9.17, 15) is 9.59 Å². The van der Waals surface area contributed by atoms with E-state index in [4.69, 9.17) is 4.74 Å². The van der Waals surface area contributed by atoms with Crippen LogP contribution in [-0.2, 0) is 4.74 Å². The number of halogens is 1. The Morgan fingerprint density at radius 2 is 1.90 bits per heavy atom. The molecular formula is C14H12BrNO3S. The van der Waals surface area contributed by atoms with Crippen molar-refractivity contribution in [1.29, 1.82) is 0 Å². The van der Waals surface area contributed by atoms with E-state index >= 15 is 0 Å². The first kappa shape index (κ1) is 14.7. The molecule has 0 unspecified atom stereocenters. The van der Waals surface area contributed by atoms with Crippen molar-refractivity contribution in [3.05, 3.63) is 50.1 Å². The Bertz CT molecular complexity index is 649. The minimum Gasteiger partial charge on any atom is -0.465 e. The largest absolute Gasteiger partial charge is 0.465 e. The number of rotatable bonds is 3. The number of nitrogens with one attached hydrogen (secondary N) is 1. The molecule has 2 aromatic rings. The number of esters is 1. The van der Waals surface area contributed by atoms with Crippen LogP contribution in [-0.4, -0.2) is 19.0 Å². The SMILES string of the molecule is COC(=O)c1scc(C)c1NC(=O)c1ccc(Br)cc1. The first-order chi connectivity index (χ1) is 9.52. The van der Waals surface area contributed by atoms with Crippen LogP contribution in [0.2, 0.25) is 0 Å². The molecule has 0 fully saturated rings. The second-order valence-corrected chi connectivity index (χ2v) is 5.87. The minimum atomic E-state index is -0.450. The fourth-order valence-corrected chi connectivity index (χ4v) is 2.82. The molecule has 1 aromatic heterocycles. The fourth-order valence-electron chi connectivity index (χ4n) is 1.63. The summed E-state index contributed by atoms with van der Waals surface area (Å²) in [6, 6.07) is 6.99. The normalized spacial score (nSPS) is 10.2. The Labute approximate surface area is 128 Å². The molecule has 0 radical (unpaired) electrons. The zero-order valence-electron chi connectivity index (χ0n) is 10.9. The van der Waals surface area contributed by atoms with E-state index in [0.29, 0.717) is 16.1 Å². The predicted molar refractivity (Wildman–Crippen MR) is 82.5 cm³/mol. The van der Waals surface area contributed by atoms with Crippen molar-refractivity contribution in [3.63, 3.8) is 0 Å². The predicted octanol–water partition coefficient (Wildman–Crippen LogP) is 3.86. The minimum absolute atomic E-state index is 0.260. The second kappa shape index (κ2) is 6.19. The van der Waals surface area contributed by atoms with Crippen molar-refractivity contribution < 1.29 is 14.3 Å². The fraction of sp³-hybridized carbons (Fsp3) is 0.143. The maximum Gasteiger partial charge on any atom is 0.350 e. The van der Waals surface area contributed by atoms with Crippen molar-refractivity contribution in [2.75, 3.05) is 12.4 Å². The summed E-state index contributed by atoms with van der Waals surface area (Å²) >= 11 is 4.57. The Balaban J connectivity index is 2.26. The Hall–Kier alpha value is -1.66. The summed E-state index contributed by atoms with van der Waals surface area (Å²) in [6.45, 7) is 1.83. The molecule has 0 spiro atoms. The van der Waals surface area contributed by atoms with E-state index in [0.717, 1.165) is 10.0 Å². The maximum absolute atomic E-state index is 12.2. The van der Waals surface area contributed by atoms with Gasteiger partial charge in [0.1, 0.15) is 4.88 Å². The molecule has 0 saturated heterocycles. The van der Waals surface area contributed by atoms with Crippen LogP contribution in [0, 0.1) is 6.92 Å². The van der Waals surface area contributed by atoms with Gasteiger partial charge < -0.3 is 10.1 Å². The lowest BCUT2D eigenvalue weighted by atomic mass is 10.2. The summed E-state index contributed by atoms with van der Waals surface area (Å²) in [5.41, 5.74) is 1.87. The highest BCUT2D eigenvalue weighted by Crippen LogP contribution is 2.28. The van der Waals surface area contributed by atoms with Crippen molar-refractivity contribution in [3.8, 4) is 0 Å². The van der Waals surface area contributed by atoms with Gasteiger partial charge in [-0.2, -0.15) is 0 Å². The lowest BCUT2D eigenvalue weighted by molar-refractivity contribution is 0.0607. The van der Waals surface area contributed by atoms with Gasteiger partial charge >= 0.3 is 5.97 Å². The first-order valence-electron chi connectivity index (χ1n) is 5.76. The number of thiophene rings is 1. The molecule has 0 bridgehead atoms. The van der Waals surface area contributed by atoms with E-state index < -0.39 is 5.97 Å². The highest BCUT2D eigenvalue weighted by molar-refractivity contribution is 9.10. The van der Waals surface area contributed by atoms with Crippen LogP contribution < -0.4 is 5.32 Å². The highest BCUT2D eigenvalue weighted by Gasteiger charge is 2.19. The summed E-state index contributed by atoms with van der Waals surface area (Å²) in [4.78, 5) is 24.2. The van der Waals surface area contributed by atoms with Gasteiger partial charge in [-0.05, 0) is 42.1 Å². The Morgan fingerprint density at radius 3 is 2.50 bits per heavy atom. The van der Waals surface area contributed by atoms with Crippen LogP contribution >= 0.6 is 27.3 Å². The van der Waals surface area contributed by atoms with E-state index in [1.165, 1.54) is 18.4 Å². The molecule has 6 heteroatoms. The van der Waals surface area contributed by atoms with Crippen LogP contribution in [0.1, 0.15) is 25.6 Å². The third kappa shape index (κ3) is 3.08. The lowest BCUT2D eigenvalue weighted by Crippen LogP contribution is -2.14. The number of amides is 1. The number of carbonyl (C=O) groups excluding carboxylic acids is 2. The Kier molecular flexibility index (Phi) is 4.57. The number of methoxy groups -OCH3 is 1. The third-order valence-corrected chi connectivity index (χ3v) is 4.30. The smallest absolute Gasteiger partial charge is 0.350 e. The van der Waals surface area contributed by atoms with Crippen LogP contribution in [0.25, 0.3) is 0 Å². The summed E-state index contributed by atoms with van der Waals surface area (Å²) in [7, 11) is 1.32. The molecular weight excluding hydrogens is 342 g/mol. The van der Waals surface area contributed by atoms with Gasteiger partial charge in [0.05, 0.1) is 12.8 Å². The molecule has 1 amide bonds. The van der Waals surface area contributed by atoms with E-state index in [1.54, 1.807) is 24.3 Å². The van der Waals surface area contributed by atoms with E-state index in [2.05, 4.69) is 21.2 Å². The van der Waals surface area contributed by atoms with Gasteiger partial charge in [0.2, 0.25) is 0 Å². The molecule has 20 heavy (non-hydrogen) atoms. The topological polar surface area (TPSA) is 55.4 Å². The van der Waals surface area contributed by atoms with Gasteiger partial charge in [0.15, 0.2) is 0 Å². The zero-order valence-corrected chi connectivity index (χ0v) is 13.3. The summed E-state index contributed by atoms with van der Waals surface area (Å²) < 4.78 is 5.61. The quantitative estimate of drug-likeness (QED) is 0.852. The molecule has 1 aromatic carbocycles. The van der Waals surface area contributed by atoms with Crippen molar-refractivity contribution >= 4 is 44.8 Å². The van der Waals surface area contributed by atoms with Gasteiger partial charge in [-0.25, -0.2) is 4.79 Å². The number of hydrogen-bond acceptors (Lipinski definition) is 4. The third-order valence-electron chi connectivity index (χ3n) is 2.69. The maximum atomic E-state index is 12.2. The summed E-state index contributed by atoms with van der Waals surface area (Å²) in [5.74, 6) is -0.710. The second-order valence-electron chi connectivity index (χ2n) is 4.08. The molecule has 0 saturated carbocycles. The average Bonchev–Trinajstić information content (AvgIpc) is 2.80. The number of ether oxygens (including phenoxy) is 1. The molecule has 0 aliphatic rings. The van der Waals surface area contributed by atoms with Gasteiger partial charge in [-0.3, -0.25) is 4.79 Å². The summed E-state index contributed by atoms with van der Waals surface area (Å²) in [6.07, 6.45) is 0. The molecule has 0 aliphatic heterocycles. The van der Waals surface area contributed by atoms with Crippen molar-refractivity contribution in [1.82, 2.24) is 0 Å². The van der Waals surface area contributed by atoms with E-state index in [-0.39, 0.29) is 5.91 Å². The van der Waals surface area contributed by atoms with Crippen LogP contribution in [0.3, 0.4) is 0 Å². The van der Waals surface area contributed by atoms with Crippen molar-refractivity contribution in [2.24, 2.45) is 0 Å². The molecule has 1 heterocycles. The van der Waals surface area contributed by atoms with Gasteiger partial charge in [-0.15, -0.1) is 11.3 Å². The van der Waals surface area contributed by atoms with E-state index in [1.807, 2.05) is 12.3 Å². The average molecular weight is 354 g/mol. The van der Waals surface area contributed by atoms with Crippen LogP contribution in [0.15, 0.2) is 34.1 Å². The number of aryl methyl sites for hydroxylation is 1. The molecule has 0 atom stereocenters. The number of hydrogen-bond donors (Lipinski definition) is 1. The van der Waals surface area contributed by atoms with Crippen LogP contribution in [0.5, 0.6) is 0 Å². The van der Waals surface area contributed by atoms with Gasteiger partial charge in [0.25, 0.3) is 5.91 Å². The standard InChI is InChI=1S/C14H12BrNO3S/c1-8-7-20-12(14(18)19-2)11(8)16-13(17)9-3-5-10(15)6-4-9/h3-7H,1-2H3,(H,16,17). The molecule has 4 nitrogen and oxygen atoms in total. The lowest BCUT2D eigenvalue weighted by Gasteiger charge is -2.07. The Morgan fingerprint density at radius 1 is 1.25 bits per heavy atom. The summed E-state index contributed by atoms with van der Waals surface area (Å²) in [5, 5.41) is 4.57. The zero-order chi connectivity index (χ0) is 14.7. The van der Waals surface area contributed by atoms with Gasteiger partial charge in [-0.1, -0.05) is 15.9 Å². The first-order valence-corrected chi connectivity index (χ1v) is 7.43. The van der Waals surface area contributed by atoms with Crippen molar-refractivity contribution in [2.45, 2.75) is 6.92 Å². The number of anilines is 1. The monoisotopic (exact) mass is 353 g/mol. The van der Waals surface area contributed by atoms with Crippen LogP contribution in [0.4, 0.5) is 5.69 Å². The molecule has 104 valence electrons.